The van der Waals surface area contributed by atoms with Crippen LogP contribution >= 0.6 is 0 Å². The normalized spacial score (nSPS) is 25.7. The molecule has 1 saturated heterocycles. The van der Waals surface area contributed by atoms with Gasteiger partial charge in [0.2, 0.25) is 5.91 Å². The van der Waals surface area contributed by atoms with Gasteiger partial charge in [0, 0.05) is 37.8 Å². The highest BCUT2D eigenvalue weighted by atomic mass is 16.6. The molecule has 1 aliphatic carbocycles. The van der Waals surface area contributed by atoms with Crippen LogP contribution in [0.5, 0.6) is 0 Å². The first kappa shape index (κ1) is 17.7. The molecule has 6 heteroatoms. The molecule has 0 unspecified atom stereocenters. The highest BCUT2D eigenvalue weighted by molar-refractivity contribution is 5.96. The van der Waals surface area contributed by atoms with Crippen molar-refractivity contribution in [1.82, 2.24) is 9.88 Å². The molecule has 1 amide bonds. The highest BCUT2D eigenvalue weighted by Crippen LogP contribution is 2.52. The number of pyridine rings is 1. The summed E-state index contributed by atoms with van der Waals surface area (Å²) in [4.78, 5) is 34.6. The van der Waals surface area contributed by atoms with Gasteiger partial charge in [-0.15, -0.1) is 0 Å². The Labute approximate surface area is 175 Å². The van der Waals surface area contributed by atoms with Crippen molar-refractivity contribution in [3.8, 4) is 0 Å². The Morgan fingerprint density at radius 3 is 2.57 bits per heavy atom. The van der Waals surface area contributed by atoms with Crippen LogP contribution in [-0.2, 0) is 20.5 Å². The minimum atomic E-state index is -0.690. The molecule has 0 radical (unpaired) electrons. The molecule has 2 aromatic rings. The molecule has 1 atom stereocenters. The summed E-state index contributed by atoms with van der Waals surface area (Å²) < 4.78 is 5.82. The van der Waals surface area contributed by atoms with E-state index in [0.29, 0.717) is 25.1 Å². The van der Waals surface area contributed by atoms with E-state index in [-0.39, 0.29) is 11.9 Å². The number of carbonyl (C=O) groups excluding carboxylic acids is 2. The van der Waals surface area contributed by atoms with Gasteiger partial charge in [-0.25, -0.2) is 9.78 Å². The summed E-state index contributed by atoms with van der Waals surface area (Å²) in [5.74, 6) is 0.802. The number of esters is 1. The SMILES string of the molecule is O=C1O[C@]2(CCN(C(=O)C3(c4ccc(N5CC=CC5)nc4)CC3)C2)c2ccccc21. The van der Waals surface area contributed by atoms with Crippen molar-refractivity contribution in [2.75, 3.05) is 31.1 Å². The topological polar surface area (TPSA) is 62.7 Å². The molecule has 1 aromatic carbocycles. The minimum absolute atomic E-state index is 0.136. The number of benzene rings is 1. The zero-order valence-corrected chi connectivity index (χ0v) is 16.7. The van der Waals surface area contributed by atoms with Crippen LogP contribution in [0.4, 0.5) is 5.82 Å². The molecule has 0 bridgehead atoms. The number of hydrogen-bond donors (Lipinski definition) is 0. The lowest BCUT2D eigenvalue weighted by Gasteiger charge is -2.27. The first-order chi connectivity index (χ1) is 14.6. The van der Waals surface area contributed by atoms with Crippen molar-refractivity contribution in [3.05, 3.63) is 71.4 Å². The fourth-order valence-electron chi connectivity index (χ4n) is 5.18. The van der Waals surface area contributed by atoms with Gasteiger partial charge in [-0.3, -0.25) is 4.79 Å². The van der Waals surface area contributed by atoms with Crippen LogP contribution < -0.4 is 4.90 Å². The average molecular weight is 401 g/mol. The Kier molecular flexibility index (Phi) is 3.64. The zero-order valence-electron chi connectivity index (χ0n) is 16.7. The standard InChI is InChI=1S/C24H23N3O3/c28-21-18-5-1-2-6-19(18)24(30-21)11-14-27(16-24)22(29)23(9-10-23)17-7-8-20(25-15-17)26-12-3-4-13-26/h1-8,15H,9-14,16H2/t24-/m0/s1. The molecular weight excluding hydrogens is 378 g/mol. The monoisotopic (exact) mass is 401 g/mol. The van der Waals surface area contributed by atoms with Gasteiger partial charge in [0.15, 0.2) is 5.60 Å². The maximum Gasteiger partial charge on any atom is 0.339 e. The third kappa shape index (κ3) is 2.46. The Balaban J connectivity index is 1.23. The number of likely N-dealkylation sites (tertiary alicyclic amines) is 1. The number of amides is 1. The van der Waals surface area contributed by atoms with Crippen LogP contribution in [0.15, 0.2) is 54.7 Å². The molecule has 4 heterocycles. The molecular formula is C24H23N3O3. The van der Waals surface area contributed by atoms with Crippen molar-refractivity contribution < 1.29 is 14.3 Å². The molecule has 3 aliphatic heterocycles. The lowest BCUT2D eigenvalue weighted by atomic mass is 9.91. The largest absolute Gasteiger partial charge is 0.449 e. The van der Waals surface area contributed by atoms with Crippen LogP contribution in [0, 0.1) is 0 Å². The second-order valence-corrected chi connectivity index (χ2v) is 8.77. The minimum Gasteiger partial charge on any atom is -0.449 e. The Morgan fingerprint density at radius 1 is 1.03 bits per heavy atom. The molecule has 1 aromatic heterocycles. The third-order valence-electron chi connectivity index (χ3n) is 7.05. The summed E-state index contributed by atoms with van der Waals surface area (Å²) in [7, 11) is 0. The van der Waals surface area contributed by atoms with E-state index >= 15 is 0 Å². The quantitative estimate of drug-likeness (QED) is 0.585. The van der Waals surface area contributed by atoms with Crippen molar-refractivity contribution in [2.24, 2.45) is 0 Å². The average Bonchev–Trinajstić information content (AvgIpc) is 3.13. The van der Waals surface area contributed by atoms with Crippen LogP contribution in [0.25, 0.3) is 0 Å². The van der Waals surface area contributed by atoms with Crippen molar-refractivity contribution in [3.63, 3.8) is 0 Å². The number of anilines is 1. The Bertz CT molecular complexity index is 1070. The fourth-order valence-corrected chi connectivity index (χ4v) is 5.18. The maximum atomic E-state index is 13.5. The van der Waals surface area contributed by atoms with Crippen LogP contribution in [0.1, 0.15) is 40.7 Å². The van der Waals surface area contributed by atoms with Crippen molar-refractivity contribution in [2.45, 2.75) is 30.3 Å². The van der Waals surface area contributed by atoms with Gasteiger partial charge in [0.1, 0.15) is 5.82 Å². The molecule has 4 aliphatic rings. The number of rotatable bonds is 3. The molecule has 2 fully saturated rings. The maximum absolute atomic E-state index is 13.5. The van der Waals surface area contributed by atoms with Gasteiger partial charge in [0.05, 0.1) is 17.5 Å². The number of carbonyl (C=O) groups is 2. The van der Waals surface area contributed by atoms with Gasteiger partial charge in [-0.1, -0.05) is 36.4 Å². The van der Waals surface area contributed by atoms with E-state index < -0.39 is 11.0 Å². The first-order valence-corrected chi connectivity index (χ1v) is 10.6. The second-order valence-electron chi connectivity index (χ2n) is 8.77. The van der Waals surface area contributed by atoms with Gasteiger partial charge in [-0.05, 0) is 30.5 Å². The fraction of sp³-hybridized carbons (Fsp3) is 0.375. The molecule has 30 heavy (non-hydrogen) atoms. The van der Waals surface area contributed by atoms with E-state index in [9.17, 15) is 9.59 Å². The van der Waals surface area contributed by atoms with E-state index in [2.05, 4.69) is 28.1 Å². The molecule has 1 saturated carbocycles. The third-order valence-corrected chi connectivity index (χ3v) is 7.05. The first-order valence-electron chi connectivity index (χ1n) is 10.6. The predicted molar refractivity (Wildman–Crippen MR) is 111 cm³/mol. The summed E-state index contributed by atoms with van der Waals surface area (Å²) >= 11 is 0. The van der Waals surface area contributed by atoms with E-state index in [1.54, 1.807) is 0 Å². The van der Waals surface area contributed by atoms with Crippen molar-refractivity contribution in [1.29, 1.82) is 0 Å². The highest BCUT2D eigenvalue weighted by Gasteiger charge is 2.57. The van der Waals surface area contributed by atoms with Gasteiger partial charge in [-0.2, -0.15) is 0 Å². The lowest BCUT2D eigenvalue weighted by molar-refractivity contribution is -0.134. The summed E-state index contributed by atoms with van der Waals surface area (Å²) in [6, 6.07) is 11.6. The Morgan fingerprint density at radius 2 is 1.83 bits per heavy atom. The Hall–Kier alpha value is -3.15. The summed E-state index contributed by atoms with van der Waals surface area (Å²) in [6.07, 6.45) is 8.49. The molecule has 6 nitrogen and oxygen atoms in total. The van der Waals surface area contributed by atoms with Crippen LogP contribution in [0.3, 0.4) is 0 Å². The van der Waals surface area contributed by atoms with Gasteiger partial charge in [0.25, 0.3) is 0 Å². The summed E-state index contributed by atoms with van der Waals surface area (Å²) in [5.41, 5.74) is 1.38. The number of fused-ring (bicyclic) bond motifs is 2. The van der Waals surface area contributed by atoms with E-state index in [1.807, 2.05) is 41.4 Å². The second kappa shape index (κ2) is 6.17. The smallest absolute Gasteiger partial charge is 0.339 e. The lowest BCUT2D eigenvalue weighted by Crippen LogP contribution is -2.40. The van der Waals surface area contributed by atoms with Gasteiger partial charge < -0.3 is 14.5 Å². The number of ether oxygens (including phenoxy) is 1. The van der Waals surface area contributed by atoms with E-state index in [4.69, 9.17) is 4.74 Å². The van der Waals surface area contributed by atoms with E-state index in [1.165, 1.54) is 0 Å². The zero-order chi connectivity index (χ0) is 20.3. The molecule has 6 rings (SSSR count). The van der Waals surface area contributed by atoms with Crippen molar-refractivity contribution >= 4 is 17.7 Å². The molecule has 152 valence electrons. The van der Waals surface area contributed by atoms with Crippen LogP contribution in [0.2, 0.25) is 0 Å². The number of aromatic nitrogens is 1. The number of hydrogen-bond acceptors (Lipinski definition) is 5. The molecule has 1 spiro atoms. The van der Waals surface area contributed by atoms with Crippen LogP contribution in [-0.4, -0.2) is 47.9 Å². The summed E-state index contributed by atoms with van der Waals surface area (Å²) in [6.45, 7) is 2.80. The molecule has 0 N–H and O–H groups in total. The van der Waals surface area contributed by atoms with Gasteiger partial charge >= 0.3 is 5.97 Å². The predicted octanol–water partition coefficient (Wildman–Crippen LogP) is 2.79. The van der Waals surface area contributed by atoms with E-state index in [0.717, 1.165) is 42.9 Å². The number of nitrogens with zero attached hydrogens (tertiary/aromatic N) is 3. The summed E-state index contributed by atoms with van der Waals surface area (Å²) in [5, 5.41) is 0.